The zero-order valence-electron chi connectivity index (χ0n) is 9.35. The van der Waals surface area contributed by atoms with Gasteiger partial charge in [0.25, 0.3) is 0 Å². The summed E-state index contributed by atoms with van der Waals surface area (Å²) in [6, 6.07) is 5.22. The fourth-order valence-electron chi connectivity index (χ4n) is 1.47. The Morgan fingerprint density at radius 2 is 2.24 bits per heavy atom. The number of halogens is 1. The third-order valence-electron chi connectivity index (χ3n) is 2.33. The summed E-state index contributed by atoms with van der Waals surface area (Å²) < 4.78 is 6.26. The molecule has 6 heteroatoms. The van der Waals surface area contributed by atoms with E-state index in [1.54, 1.807) is 29.8 Å². The highest BCUT2D eigenvalue weighted by Crippen LogP contribution is 2.18. The van der Waals surface area contributed by atoms with Gasteiger partial charge in [-0.25, -0.2) is 14.8 Å². The van der Waals surface area contributed by atoms with Crippen molar-refractivity contribution in [1.82, 2.24) is 14.5 Å². The van der Waals surface area contributed by atoms with Crippen molar-refractivity contribution < 1.29 is 9.53 Å². The molecule has 0 aliphatic heterocycles. The Morgan fingerprint density at radius 1 is 1.47 bits per heavy atom. The van der Waals surface area contributed by atoms with Crippen molar-refractivity contribution in [3.63, 3.8) is 0 Å². The maximum Gasteiger partial charge on any atom is 0.356 e. The van der Waals surface area contributed by atoms with Crippen LogP contribution in [-0.2, 0) is 11.8 Å². The SMILES string of the molecule is COC(=O)c1cnc(-c2cccc(Cl)n2)n1C. The number of hydrogen-bond donors (Lipinski definition) is 0. The van der Waals surface area contributed by atoms with Crippen LogP contribution in [0.5, 0.6) is 0 Å². The summed E-state index contributed by atoms with van der Waals surface area (Å²) in [6.45, 7) is 0. The van der Waals surface area contributed by atoms with E-state index >= 15 is 0 Å². The Morgan fingerprint density at radius 3 is 2.88 bits per heavy atom. The molecular formula is C11H10ClN3O2. The van der Waals surface area contributed by atoms with E-state index in [1.165, 1.54) is 13.3 Å². The predicted molar refractivity (Wildman–Crippen MR) is 62.8 cm³/mol. The topological polar surface area (TPSA) is 57.0 Å². The number of ether oxygens (including phenoxy) is 1. The molecule has 0 atom stereocenters. The molecule has 0 fully saturated rings. The first kappa shape index (κ1) is 11.6. The average Bonchev–Trinajstić information content (AvgIpc) is 2.70. The summed E-state index contributed by atoms with van der Waals surface area (Å²) in [6.07, 6.45) is 1.45. The first-order valence-electron chi connectivity index (χ1n) is 4.86. The average molecular weight is 252 g/mol. The standard InChI is InChI=1S/C11H10ClN3O2/c1-15-8(11(16)17-2)6-13-10(15)7-4-3-5-9(12)14-7/h3-6H,1-2H3. The van der Waals surface area contributed by atoms with Gasteiger partial charge in [0, 0.05) is 7.05 Å². The number of rotatable bonds is 2. The highest BCUT2D eigenvalue weighted by molar-refractivity contribution is 6.29. The second kappa shape index (κ2) is 4.55. The molecule has 0 unspecified atom stereocenters. The lowest BCUT2D eigenvalue weighted by Crippen LogP contribution is -2.08. The van der Waals surface area contributed by atoms with E-state index in [4.69, 9.17) is 11.6 Å². The Hall–Kier alpha value is -1.88. The lowest BCUT2D eigenvalue weighted by atomic mass is 10.3. The minimum Gasteiger partial charge on any atom is -0.464 e. The van der Waals surface area contributed by atoms with Gasteiger partial charge in [-0.15, -0.1) is 0 Å². The predicted octanol–water partition coefficient (Wildman–Crippen LogP) is 1.92. The van der Waals surface area contributed by atoms with Gasteiger partial charge >= 0.3 is 5.97 Å². The molecule has 0 aliphatic carbocycles. The fourth-order valence-corrected chi connectivity index (χ4v) is 1.64. The zero-order chi connectivity index (χ0) is 12.4. The number of imidazole rings is 1. The van der Waals surface area contributed by atoms with Crippen LogP contribution in [-0.4, -0.2) is 27.6 Å². The molecule has 0 spiro atoms. The zero-order valence-corrected chi connectivity index (χ0v) is 10.1. The number of methoxy groups -OCH3 is 1. The number of pyridine rings is 1. The van der Waals surface area contributed by atoms with Crippen molar-refractivity contribution in [3.05, 3.63) is 35.2 Å². The van der Waals surface area contributed by atoms with Crippen molar-refractivity contribution in [3.8, 4) is 11.5 Å². The number of aromatic nitrogens is 3. The first-order valence-corrected chi connectivity index (χ1v) is 5.24. The fraction of sp³-hybridized carbons (Fsp3) is 0.182. The van der Waals surface area contributed by atoms with Gasteiger partial charge in [0.05, 0.1) is 13.3 Å². The molecule has 5 nitrogen and oxygen atoms in total. The number of esters is 1. The molecule has 2 heterocycles. The van der Waals surface area contributed by atoms with E-state index in [0.29, 0.717) is 22.4 Å². The third-order valence-corrected chi connectivity index (χ3v) is 2.54. The minimum atomic E-state index is -0.437. The van der Waals surface area contributed by atoms with Gasteiger partial charge < -0.3 is 9.30 Å². The molecule has 2 rings (SSSR count). The molecule has 17 heavy (non-hydrogen) atoms. The van der Waals surface area contributed by atoms with Crippen LogP contribution in [0.1, 0.15) is 10.5 Å². The molecule has 2 aromatic rings. The van der Waals surface area contributed by atoms with Crippen molar-refractivity contribution in [2.45, 2.75) is 0 Å². The van der Waals surface area contributed by atoms with E-state index in [9.17, 15) is 4.79 Å². The monoisotopic (exact) mass is 251 g/mol. The van der Waals surface area contributed by atoms with E-state index in [1.807, 2.05) is 0 Å². The molecule has 0 saturated heterocycles. The van der Waals surface area contributed by atoms with Gasteiger partial charge in [-0.3, -0.25) is 0 Å². The number of carbonyl (C=O) groups is 1. The number of hydrogen-bond acceptors (Lipinski definition) is 4. The summed E-state index contributed by atoms with van der Waals surface area (Å²) in [4.78, 5) is 19.7. The number of carbonyl (C=O) groups excluding carboxylic acids is 1. The summed E-state index contributed by atoms with van der Waals surface area (Å²) >= 11 is 5.80. The second-order valence-corrected chi connectivity index (χ2v) is 3.75. The van der Waals surface area contributed by atoms with Gasteiger partial charge in [0.2, 0.25) is 0 Å². The Kier molecular flexibility index (Phi) is 3.10. The summed E-state index contributed by atoms with van der Waals surface area (Å²) in [5.74, 6) is 0.126. The van der Waals surface area contributed by atoms with Crippen LogP contribution < -0.4 is 0 Å². The molecule has 0 aromatic carbocycles. The third kappa shape index (κ3) is 2.14. The molecular weight excluding hydrogens is 242 g/mol. The van der Waals surface area contributed by atoms with Crippen LogP contribution in [0.2, 0.25) is 5.15 Å². The van der Waals surface area contributed by atoms with E-state index in [-0.39, 0.29) is 0 Å². The van der Waals surface area contributed by atoms with Crippen LogP contribution >= 0.6 is 11.6 Å². The highest BCUT2D eigenvalue weighted by atomic mass is 35.5. The second-order valence-electron chi connectivity index (χ2n) is 3.36. The normalized spacial score (nSPS) is 10.3. The molecule has 0 amide bonds. The Bertz CT molecular complexity index is 566. The quantitative estimate of drug-likeness (QED) is 0.604. The van der Waals surface area contributed by atoms with Crippen molar-refractivity contribution in [1.29, 1.82) is 0 Å². The van der Waals surface area contributed by atoms with Crippen molar-refractivity contribution >= 4 is 17.6 Å². The maximum atomic E-state index is 11.4. The van der Waals surface area contributed by atoms with Gasteiger partial charge in [-0.2, -0.15) is 0 Å². The minimum absolute atomic E-state index is 0.365. The van der Waals surface area contributed by atoms with Crippen molar-refractivity contribution in [2.75, 3.05) is 7.11 Å². The Labute approximate surface area is 103 Å². The van der Waals surface area contributed by atoms with E-state index < -0.39 is 5.97 Å². The summed E-state index contributed by atoms with van der Waals surface area (Å²) in [5, 5.41) is 0.380. The Balaban J connectivity index is 2.48. The van der Waals surface area contributed by atoms with Crippen molar-refractivity contribution in [2.24, 2.45) is 7.05 Å². The largest absolute Gasteiger partial charge is 0.464 e. The lowest BCUT2D eigenvalue weighted by Gasteiger charge is -2.04. The smallest absolute Gasteiger partial charge is 0.356 e. The van der Waals surface area contributed by atoms with Crippen LogP contribution in [0.4, 0.5) is 0 Å². The van der Waals surface area contributed by atoms with Crippen LogP contribution in [0, 0.1) is 0 Å². The molecule has 88 valence electrons. The number of nitrogens with zero attached hydrogens (tertiary/aromatic N) is 3. The van der Waals surface area contributed by atoms with Crippen LogP contribution in [0.3, 0.4) is 0 Å². The summed E-state index contributed by atoms with van der Waals surface area (Å²) in [7, 11) is 3.05. The molecule has 0 radical (unpaired) electrons. The van der Waals surface area contributed by atoms with Crippen LogP contribution in [0.25, 0.3) is 11.5 Å². The maximum absolute atomic E-state index is 11.4. The van der Waals surface area contributed by atoms with Gasteiger partial charge in [0.15, 0.2) is 5.82 Å². The molecule has 0 bridgehead atoms. The van der Waals surface area contributed by atoms with Crippen LogP contribution in [0.15, 0.2) is 24.4 Å². The van der Waals surface area contributed by atoms with Gasteiger partial charge in [-0.05, 0) is 12.1 Å². The molecule has 2 aromatic heterocycles. The molecule has 0 N–H and O–H groups in total. The molecule has 0 aliphatic rings. The molecule has 0 saturated carbocycles. The van der Waals surface area contributed by atoms with E-state index in [0.717, 1.165) is 0 Å². The van der Waals surface area contributed by atoms with Gasteiger partial charge in [-0.1, -0.05) is 17.7 Å². The first-order chi connectivity index (χ1) is 8.13. The highest BCUT2D eigenvalue weighted by Gasteiger charge is 2.15. The van der Waals surface area contributed by atoms with Gasteiger partial charge in [0.1, 0.15) is 16.5 Å². The van der Waals surface area contributed by atoms with E-state index in [2.05, 4.69) is 14.7 Å². The lowest BCUT2D eigenvalue weighted by molar-refractivity contribution is 0.0590. The summed E-state index contributed by atoms with van der Waals surface area (Å²) in [5.41, 5.74) is 0.972.